The summed E-state index contributed by atoms with van der Waals surface area (Å²) in [6.07, 6.45) is 6.48. The molecule has 1 rings (SSSR count). The maximum Gasteiger partial charge on any atom is 0.328 e. The Morgan fingerprint density at radius 2 is 1.87 bits per heavy atom. The SMILES string of the molecule is C/C(=C\C(=O)O)C(=O)NC1CCCCC1. The summed E-state index contributed by atoms with van der Waals surface area (Å²) in [4.78, 5) is 21.9. The third-order valence-corrected chi connectivity index (χ3v) is 2.64. The van der Waals surface area contributed by atoms with Crippen molar-refractivity contribution in [3.63, 3.8) is 0 Å². The summed E-state index contributed by atoms with van der Waals surface area (Å²) in [6.45, 7) is 1.52. The van der Waals surface area contributed by atoms with Gasteiger partial charge in [0.1, 0.15) is 0 Å². The van der Waals surface area contributed by atoms with Crippen molar-refractivity contribution in [1.82, 2.24) is 5.32 Å². The summed E-state index contributed by atoms with van der Waals surface area (Å²) >= 11 is 0. The van der Waals surface area contributed by atoms with Gasteiger partial charge in [-0.15, -0.1) is 0 Å². The molecule has 0 radical (unpaired) electrons. The number of carboxylic acids is 1. The summed E-state index contributed by atoms with van der Waals surface area (Å²) in [7, 11) is 0. The molecule has 0 aliphatic heterocycles. The lowest BCUT2D eigenvalue weighted by atomic mass is 9.95. The van der Waals surface area contributed by atoms with Crippen LogP contribution in [-0.2, 0) is 9.59 Å². The molecule has 1 saturated carbocycles. The Morgan fingerprint density at radius 3 is 2.40 bits per heavy atom. The molecule has 1 aliphatic rings. The van der Waals surface area contributed by atoms with Crippen molar-refractivity contribution in [1.29, 1.82) is 0 Å². The Bertz CT molecular complexity index is 278. The second-order valence-corrected chi connectivity index (χ2v) is 3.97. The number of hydrogen-bond donors (Lipinski definition) is 2. The lowest BCUT2D eigenvalue weighted by molar-refractivity contribution is -0.132. The summed E-state index contributed by atoms with van der Waals surface area (Å²) in [5.41, 5.74) is 0.257. The maximum absolute atomic E-state index is 11.5. The normalized spacial score (nSPS) is 18.6. The Hall–Kier alpha value is -1.32. The van der Waals surface area contributed by atoms with Gasteiger partial charge in [0.15, 0.2) is 0 Å². The summed E-state index contributed by atoms with van der Waals surface area (Å²) in [5.74, 6) is -1.34. The first-order valence-corrected chi connectivity index (χ1v) is 5.31. The van der Waals surface area contributed by atoms with Crippen molar-refractivity contribution in [3.8, 4) is 0 Å². The van der Waals surface area contributed by atoms with E-state index in [0.717, 1.165) is 31.8 Å². The number of carbonyl (C=O) groups excluding carboxylic acids is 1. The minimum Gasteiger partial charge on any atom is -0.478 e. The van der Waals surface area contributed by atoms with Crippen molar-refractivity contribution < 1.29 is 14.7 Å². The van der Waals surface area contributed by atoms with E-state index < -0.39 is 5.97 Å². The number of nitrogens with one attached hydrogen (secondary N) is 1. The molecule has 0 spiro atoms. The van der Waals surface area contributed by atoms with Crippen LogP contribution in [0.4, 0.5) is 0 Å². The molecule has 84 valence electrons. The van der Waals surface area contributed by atoms with Crippen LogP contribution in [0.2, 0.25) is 0 Å². The molecular weight excluding hydrogens is 194 g/mol. The molecule has 15 heavy (non-hydrogen) atoms. The molecule has 1 amide bonds. The van der Waals surface area contributed by atoms with Crippen molar-refractivity contribution in [3.05, 3.63) is 11.6 Å². The van der Waals surface area contributed by atoms with Gasteiger partial charge in [0, 0.05) is 17.7 Å². The lowest BCUT2D eigenvalue weighted by Crippen LogP contribution is -2.36. The monoisotopic (exact) mass is 211 g/mol. The van der Waals surface area contributed by atoms with Crippen molar-refractivity contribution in [2.75, 3.05) is 0 Å². The van der Waals surface area contributed by atoms with E-state index in [1.807, 2.05) is 0 Å². The largest absolute Gasteiger partial charge is 0.478 e. The highest BCUT2D eigenvalue weighted by atomic mass is 16.4. The van der Waals surface area contributed by atoms with Crippen LogP contribution in [0.5, 0.6) is 0 Å². The van der Waals surface area contributed by atoms with Crippen molar-refractivity contribution in [2.24, 2.45) is 0 Å². The molecule has 0 bridgehead atoms. The molecule has 0 aromatic rings. The fourth-order valence-corrected chi connectivity index (χ4v) is 1.80. The number of carboxylic acid groups (broad SMARTS) is 1. The molecule has 4 nitrogen and oxygen atoms in total. The van der Waals surface area contributed by atoms with Gasteiger partial charge in [0.05, 0.1) is 0 Å². The fourth-order valence-electron chi connectivity index (χ4n) is 1.80. The predicted octanol–water partition coefficient (Wildman–Crippen LogP) is 1.47. The Labute approximate surface area is 89.4 Å². The highest BCUT2D eigenvalue weighted by molar-refractivity contribution is 5.98. The summed E-state index contributed by atoms with van der Waals surface area (Å²) < 4.78 is 0. The second kappa shape index (κ2) is 5.53. The van der Waals surface area contributed by atoms with Gasteiger partial charge in [0.2, 0.25) is 5.91 Å². The van der Waals surface area contributed by atoms with Crippen LogP contribution >= 0.6 is 0 Å². The average Bonchev–Trinajstić information content (AvgIpc) is 2.18. The zero-order chi connectivity index (χ0) is 11.3. The highest BCUT2D eigenvalue weighted by Crippen LogP contribution is 2.17. The number of carbonyl (C=O) groups is 2. The number of aliphatic carboxylic acids is 1. The van der Waals surface area contributed by atoms with E-state index >= 15 is 0 Å². The van der Waals surface area contributed by atoms with Gasteiger partial charge in [0.25, 0.3) is 0 Å². The van der Waals surface area contributed by atoms with Crippen LogP contribution in [0.1, 0.15) is 39.0 Å². The molecular formula is C11H17NO3. The van der Waals surface area contributed by atoms with E-state index in [4.69, 9.17) is 5.11 Å². The van der Waals surface area contributed by atoms with E-state index in [9.17, 15) is 9.59 Å². The number of hydrogen-bond acceptors (Lipinski definition) is 2. The summed E-state index contributed by atoms with van der Waals surface area (Å²) in [6, 6.07) is 0.225. The first-order valence-electron chi connectivity index (χ1n) is 5.31. The summed E-state index contributed by atoms with van der Waals surface area (Å²) in [5, 5.41) is 11.3. The first kappa shape index (κ1) is 11.8. The zero-order valence-electron chi connectivity index (χ0n) is 8.95. The minimum absolute atomic E-state index is 0.225. The van der Waals surface area contributed by atoms with Crippen molar-refractivity contribution >= 4 is 11.9 Å². The standard InChI is InChI=1S/C11H17NO3/c1-8(7-10(13)14)11(15)12-9-5-3-2-4-6-9/h7,9H,2-6H2,1H3,(H,12,15)(H,13,14)/b8-7+. The van der Waals surface area contributed by atoms with E-state index in [1.54, 1.807) is 0 Å². The highest BCUT2D eigenvalue weighted by Gasteiger charge is 2.16. The van der Waals surface area contributed by atoms with Gasteiger partial charge >= 0.3 is 5.97 Å². The van der Waals surface area contributed by atoms with E-state index in [1.165, 1.54) is 13.3 Å². The van der Waals surface area contributed by atoms with Crippen LogP contribution in [-0.4, -0.2) is 23.0 Å². The van der Waals surface area contributed by atoms with Crippen LogP contribution in [0.15, 0.2) is 11.6 Å². The van der Waals surface area contributed by atoms with E-state index in [0.29, 0.717) is 0 Å². The Morgan fingerprint density at radius 1 is 1.27 bits per heavy atom. The third-order valence-electron chi connectivity index (χ3n) is 2.64. The number of rotatable bonds is 3. The Kier molecular flexibility index (Phi) is 4.34. The molecule has 0 heterocycles. The topological polar surface area (TPSA) is 66.4 Å². The van der Waals surface area contributed by atoms with E-state index in [2.05, 4.69) is 5.32 Å². The average molecular weight is 211 g/mol. The first-order chi connectivity index (χ1) is 7.09. The van der Waals surface area contributed by atoms with Gasteiger partial charge < -0.3 is 10.4 Å². The number of amides is 1. The molecule has 0 unspecified atom stereocenters. The molecule has 0 saturated heterocycles. The van der Waals surface area contributed by atoms with Crippen LogP contribution in [0.3, 0.4) is 0 Å². The van der Waals surface area contributed by atoms with Crippen molar-refractivity contribution in [2.45, 2.75) is 45.1 Å². The van der Waals surface area contributed by atoms with Crippen LogP contribution in [0, 0.1) is 0 Å². The maximum atomic E-state index is 11.5. The van der Waals surface area contributed by atoms with Gasteiger partial charge in [-0.05, 0) is 19.8 Å². The second-order valence-electron chi connectivity index (χ2n) is 3.97. The van der Waals surface area contributed by atoms with Crippen LogP contribution < -0.4 is 5.32 Å². The minimum atomic E-state index is -1.08. The molecule has 2 N–H and O–H groups in total. The lowest BCUT2D eigenvalue weighted by Gasteiger charge is -2.22. The molecule has 4 heteroatoms. The molecule has 0 atom stereocenters. The third kappa shape index (κ3) is 4.14. The molecule has 1 aliphatic carbocycles. The quantitative estimate of drug-likeness (QED) is 0.694. The van der Waals surface area contributed by atoms with Gasteiger partial charge in [-0.1, -0.05) is 19.3 Å². The predicted molar refractivity (Wildman–Crippen MR) is 56.4 cm³/mol. The molecule has 1 fully saturated rings. The van der Waals surface area contributed by atoms with Gasteiger partial charge in [-0.3, -0.25) is 4.79 Å². The zero-order valence-corrected chi connectivity index (χ0v) is 8.95. The smallest absolute Gasteiger partial charge is 0.328 e. The Balaban J connectivity index is 2.43. The molecule has 0 aromatic heterocycles. The van der Waals surface area contributed by atoms with Gasteiger partial charge in [-0.2, -0.15) is 0 Å². The molecule has 0 aromatic carbocycles. The van der Waals surface area contributed by atoms with Gasteiger partial charge in [-0.25, -0.2) is 4.79 Å². The fraction of sp³-hybridized carbons (Fsp3) is 0.636. The van der Waals surface area contributed by atoms with E-state index in [-0.39, 0.29) is 17.5 Å². The van der Waals surface area contributed by atoms with Crippen LogP contribution in [0.25, 0.3) is 0 Å².